The minimum absolute atomic E-state index is 0.0940. The van der Waals surface area contributed by atoms with Crippen LogP contribution >= 0.6 is 15.9 Å². The predicted molar refractivity (Wildman–Crippen MR) is 75.2 cm³/mol. The lowest BCUT2D eigenvalue weighted by Gasteiger charge is -2.16. The molecule has 1 aliphatic carbocycles. The van der Waals surface area contributed by atoms with Gasteiger partial charge in [-0.05, 0) is 30.5 Å². The Morgan fingerprint density at radius 2 is 2.11 bits per heavy atom. The molecule has 0 spiro atoms. The molecule has 1 fully saturated rings. The van der Waals surface area contributed by atoms with Gasteiger partial charge in [0.2, 0.25) is 5.91 Å². The van der Waals surface area contributed by atoms with Crippen LogP contribution in [0.2, 0.25) is 0 Å². The average Bonchev–Trinajstić information content (AvgIpc) is 2.76. The van der Waals surface area contributed by atoms with Crippen molar-refractivity contribution >= 4 is 21.8 Å². The molecule has 1 N–H and O–H groups in total. The Morgan fingerprint density at radius 3 is 2.67 bits per heavy atom. The van der Waals surface area contributed by atoms with Gasteiger partial charge >= 0.3 is 0 Å². The number of rotatable bonds is 4. The predicted octanol–water partition coefficient (Wildman–Crippen LogP) is 2.67. The molecule has 0 saturated heterocycles. The van der Waals surface area contributed by atoms with Crippen LogP contribution in [0.15, 0.2) is 24.3 Å². The van der Waals surface area contributed by atoms with Crippen molar-refractivity contribution in [2.75, 3.05) is 7.11 Å². The second-order valence-electron chi connectivity index (χ2n) is 4.65. The Morgan fingerprint density at radius 1 is 1.39 bits per heavy atom. The van der Waals surface area contributed by atoms with Gasteiger partial charge in [-0.1, -0.05) is 34.5 Å². The van der Waals surface area contributed by atoms with Gasteiger partial charge in [0.15, 0.2) is 0 Å². The lowest BCUT2D eigenvalue weighted by Crippen LogP contribution is -2.38. The second-order valence-corrected chi connectivity index (χ2v) is 5.82. The van der Waals surface area contributed by atoms with E-state index < -0.39 is 0 Å². The van der Waals surface area contributed by atoms with Crippen molar-refractivity contribution in [3.63, 3.8) is 0 Å². The molecule has 98 valence electrons. The summed E-state index contributed by atoms with van der Waals surface area (Å²) >= 11 is 3.61. The molecule has 2 atom stereocenters. The summed E-state index contributed by atoms with van der Waals surface area (Å²) in [6, 6.07) is 7.91. The first-order chi connectivity index (χ1) is 8.69. The van der Waals surface area contributed by atoms with E-state index in [1.54, 1.807) is 7.11 Å². The van der Waals surface area contributed by atoms with Crippen LogP contribution in [-0.2, 0) is 11.2 Å². The zero-order valence-electron chi connectivity index (χ0n) is 10.5. The van der Waals surface area contributed by atoms with Gasteiger partial charge in [0.25, 0.3) is 0 Å². The number of amides is 1. The van der Waals surface area contributed by atoms with Gasteiger partial charge in [0, 0.05) is 10.9 Å². The van der Waals surface area contributed by atoms with E-state index in [4.69, 9.17) is 4.74 Å². The summed E-state index contributed by atoms with van der Waals surface area (Å²) in [5, 5.41) is 3.09. The number of alkyl halides is 1. The number of hydrogen-bond donors (Lipinski definition) is 1. The zero-order valence-corrected chi connectivity index (χ0v) is 12.1. The van der Waals surface area contributed by atoms with Gasteiger partial charge in [0.1, 0.15) is 5.75 Å². The van der Waals surface area contributed by atoms with Crippen LogP contribution in [0.25, 0.3) is 0 Å². The molecule has 4 heteroatoms. The molecule has 0 heterocycles. The van der Waals surface area contributed by atoms with Gasteiger partial charge in [-0.15, -0.1) is 0 Å². The van der Waals surface area contributed by atoms with E-state index in [0.717, 1.165) is 24.2 Å². The molecule has 18 heavy (non-hydrogen) atoms. The lowest BCUT2D eigenvalue weighted by molar-refractivity contribution is -0.121. The van der Waals surface area contributed by atoms with Crippen LogP contribution in [-0.4, -0.2) is 23.9 Å². The Labute approximate surface area is 116 Å². The molecule has 1 amide bonds. The summed E-state index contributed by atoms with van der Waals surface area (Å²) in [6.07, 6.45) is 3.83. The van der Waals surface area contributed by atoms with Crippen molar-refractivity contribution < 1.29 is 9.53 Å². The Balaban J connectivity index is 1.86. The number of halogens is 1. The van der Waals surface area contributed by atoms with E-state index >= 15 is 0 Å². The monoisotopic (exact) mass is 311 g/mol. The van der Waals surface area contributed by atoms with E-state index in [0.29, 0.717) is 11.2 Å². The number of nitrogens with one attached hydrogen (secondary N) is 1. The molecule has 1 aliphatic rings. The third-order valence-electron chi connectivity index (χ3n) is 3.30. The summed E-state index contributed by atoms with van der Waals surface area (Å²) in [6.45, 7) is 0. The van der Waals surface area contributed by atoms with Crippen LogP contribution in [0, 0.1) is 0 Å². The average molecular weight is 312 g/mol. The third kappa shape index (κ3) is 3.48. The van der Waals surface area contributed by atoms with Crippen molar-refractivity contribution in [2.45, 2.75) is 36.6 Å². The highest BCUT2D eigenvalue weighted by atomic mass is 79.9. The Hall–Kier alpha value is -1.03. The van der Waals surface area contributed by atoms with Crippen molar-refractivity contribution in [3.05, 3.63) is 29.8 Å². The molecule has 3 nitrogen and oxygen atoms in total. The van der Waals surface area contributed by atoms with Crippen LogP contribution in [0.1, 0.15) is 24.8 Å². The van der Waals surface area contributed by atoms with E-state index in [9.17, 15) is 4.79 Å². The number of carbonyl (C=O) groups excluding carboxylic acids is 1. The molecule has 0 aliphatic heterocycles. The molecule has 1 aromatic rings. The highest BCUT2D eigenvalue weighted by Crippen LogP contribution is 2.25. The van der Waals surface area contributed by atoms with Crippen molar-refractivity contribution in [2.24, 2.45) is 0 Å². The Kier molecular flexibility index (Phi) is 4.64. The molecule has 2 rings (SSSR count). The zero-order chi connectivity index (χ0) is 13.0. The molecule has 0 radical (unpaired) electrons. The number of benzene rings is 1. The highest BCUT2D eigenvalue weighted by Gasteiger charge is 2.25. The normalized spacial score (nSPS) is 22.8. The molecule has 1 aromatic carbocycles. The van der Waals surface area contributed by atoms with E-state index in [1.165, 1.54) is 6.42 Å². The first kappa shape index (κ1) is 13.4. The standard InChI is InChI=1S/C14H18BrNO2/c1-18-11-7-5-10(6-8-11)9-14(17)16-13-4-2-3-12(13)15/h5-8,12-13H,2-4,9H2,1H3,(H,16,17). The van der Waals surface area contributed by atoms with Crippen molar-refractivity contribution in [3.8, 4) is 5.75 Å². The second kappa shape index (κ2) is 6.23. The molecule has 0 bridgehead atoms. The summed E-state index contributed by atoms with van der Waals surface area (Å²) < 4.78 is 5.09. The van der Waals surface area contributed by atoms with E-state index in [-0.39, 0.29) is 11.9 Å². The maximum absolute atomic E-state index is 11.9. The van der Waals surface area contributed by atoms with E-state index in [2.05, 4.69) is 21.2 Å². The van der Waals surface area contributed by atoms with E-state index in [1.807, 2.05) is 24.3 Å². The molecule has 2 unspecified atom stereocenters. The van der Waals surface area contributed by atoms with Gasteiger partial charge in [-0.3, -0.25) is 4.79 Å². The number of methoxy groups -OCH3 is 1. The summed E-state index contributed by atoms with van der Waals surface area (Å²) in [5.74, 6) is 0.909. The highest BCUT2D eigenvalue weighted by molar-refractivity contribution is 9.09. The van der Waals surface area contributed by atoms with Crippen molar-refractivity contribution in [1.29, 1.82) is 0 Å². The SMILES string of the molecule is COc1ccc(CC(=O)NC2CCCC2Br)cc1. The van der Waals surface area contributed by atoms with Gasteiger partial charge < -0.3 is 10.1 Å². The largest absolute Gasteiger partial charge is 0.497 e. The van der Waals surface area contributed by atoms with Gasteiger partial charge in [-0.25, -0.2) is 0 Å². The number of carbonyl (C=O) groups is 1. The number of hydrogen-bond acceptors (Lipinski definition) is 2. The van der Waals surface area contributed by atoms with Crippen LogP contribution in [0.4, 0.5) is 0 Å². The fourth-order valence-electron chi connectivity index (χ4n) is 2.26. The van der Waals surface area contributed by atoms with Crippen LogP contribution in [0.3, 0.4) is 0 Å². The third-order valence-corrected chi connectivity index (χ3v) is 4.40. The fraction of sp³-hybridized carbons (Fsp3) is 0.500. The molecule has 0 aromatic heterocycles. The first-order valence-corrected chi connectivity index (χ1v) is 7.17. The minimum Gasteiger partial charge on any atom is -0.497 e. The maximum atomic E-state index is 11.9. The molecular weight excluding hydrogens is 294 g/mol. The minimum atomic E-state index is 0.0940. The summed E-state index contributed by atoms with van der Waals surface area (Å²) in [4.78, 5) is 12.3. The van der Waals surface area contributed by atoms with Crippen LogP contribution < -0.4 is 10.1 Å². The Bertz CT molecular complexity index is 405. The number of ether oxygens (including phenoxy) is 1. The smallest absolute Gasteiger partial charge is 0.224 e. The van der Waals surface area contributed by atoms with Crippen molar-refractivity contribution in [1.82, 2.24) is 5.32 Å². The summed E-state index contributed by atoms with van der Waals surface area (Å²) in [5.41, 5.74) is 1.01. The van der Waals surface area contributed by atoms with Gasteiger partial charge in [-0.2, -0.15) is 0 Å². The van der Waals surface area contributed by atoms with Crippen LogP contribution in [0.5, 0.6) is 5.75 Å². The topological polar surface area (TPSA) is 38.3 Å². The molecular formula is C14H18BrNO2. The quantitative estimate of drug-likeness (QED) is 0.868. The first-order valence-electron chi connectivity index (χ1n) is 6.25. The summed E-state index contributed by atoms with van der Waals surface area (Å²) in [7, 11) is 1.64. The molecule has 1 saturated carbocycles. The maximum Gasteiger partial charge on any atom is 0.224 e. The fourth-order valence-corrected chi connectivity index (χ4v) is 2.98. The lowest BCUT2D eigenvalue weighted by atomic mass is 10.1. The van der Waals surface area contributed by atoms with Gasteiger partial charge in [0.05, 0.1) is 13.5 Å².